The van der Waals surface area contributed by atoms with Gasteiger partial charge in [0.15, 0.2) is 6.61 Å². The molecule has 0 saturated heterocycles. The Balaban J connectivity index is 1.66. The summed E-state index contributed by atoms with van der Waals surface area (Å²) < 4.78 is 18.5. The van der Waals surface area contributed by atoms with Crippen LogP contribution < -0.4 is 0 Å². The lowest BCUT2D eigenvalue weighted by Gasteiger charge is -2.07. The first-order valence-corrected chi connectivity index (χ1v) is 7.55. The highest BCUT2D eigenvalue weighted by molar-refractivity contribution is 5.98. The van der Waals surface area contributed by atoms with E-state index in [9.17, 15) is 14.0 Å². The van der Waals surface area contributed by atoms with Crippen molar-refractivity contribution in [2.75, 3.05) is 6.61 Å². The summed E-state index contributed by atoms with van der Waals surface area (Å²) >= 11 is 0. The lowest BCUT2D eigenvalue weighted by atomic mass is 10.0. The Hall–Kier alpha value is -3.01. The van der Waals surface area contributed by atoms with Crippen LogP contribution in [0.5, 0.6) is 0 Å². The first-order valence-electron chi connectivity index (χ1n) is 7.55. The van der Waals surface area contributed by atoms with Gasteiger partial charge in [-0.25, -0.2) is 4.39 Å². The minimum atomic E-state index is -0.618. The maximum absolute atomic E-state index is 13.5. The van der Waals surface area contributed by atoms with Gasteiger partial charge in [-0.15, -0.1) is 0 Å². The zero-order chi connectivity index (χ0) is 16.9. The third kappa shape index (κ3) is 3.49. The lowest BCUT2D eigenvalue weighted by molar-refractivity contribution is -0.141. The predicted octanol–water partition coefficient (Wildman–Crippen LogP) is 3.95. The van der Waals surface area contributed by atoms with Gasteiger partial charge in [0.2, 0.25) is 5.78 Å². The number of fused-ring (bicyclic) bond motifs is 1. The number of hydrogen-bond donors (Lipinski definition) is 0. The Bertz CT molecular complexity index is 897. The van der Waals surface area contributed by atoms with Gasteiger partial charge >= 0.3 is 5.97 Å². The summed E-state index contributed by atoms with van der Waals surface area (Å²) in [5, 5.41) is 2.00. The molecule has 0 aliphatic rings. The molecule has 0 atom stereocenters. The molecule has 0 aliphatic heterocycles. The first-order chi connectivity index (χ1) is 11.6. The molecule has 0 heterocycles. The van der Waals surface area contributed by atoms with E-state index in [2.05, 4.69) is 0 Å². The van der Waals surface area contributed by atoms with Crippen molar-refractivity contribution < 1.29 is 18.7 Å². The van der Waals surface area contributed by atoms with E-state index in [1.54, 1.807) is 6.07 Å². The highest BCUT2D eigenvalue weighted by atomic mass is 19.1. The summed E-state index contributed by atoms with van der Waals surface area (Å²) in [4.78, 5) is 23.9. The number of hydrogen-bond acceptors (Lipinski definition) is 3. The second kappa shape index (κ2) is 7.04. The van der Waals surface area contributed by atoms with Crippen LogP contribution in [0.25, 0.3) is 10.8 Å². The molecular weight excluding hydrogens is 307 g/mol. The highest BCUT2D eigenvalue weighted by Crippen LogP contribution is 2.19. The lowest BCUT2D eigenvalue weighted by Crippen LogP contribution is -2.16. The van der Waals surface area contributed by atoms with Gasteiger partial charge in [0.1, 0.15) is 5.82 Å². The quantitative estimate of drug-likeness (QED) is 0.528. The van der Waals surface area contributed by atoms with Crippen molar-refractivity contribution in [1.82, 2.24) is 0 Å². The molecule has 0 aliphatic carbocycles. The smallest absolute Gasteiger partial charge is 0.310 e. The number of esters is 1. The molecule has 3 aromatic carbocycles. The van der Waals surface area contributed by atoms with Crippen LogP contribution in [0.1, 0.15) is 15.9 Å². The number of Topliss-reactive ketones (excluding diaryl/α,β-unsaturated/α-hetero) is 1. The molecule has 0 N–H and O–H groups in total. The van der Waals surface area contributed by atoms with E-state index in [1.165, 1.54) is 18.2 Å². The van der Waals surface area contributed by atoms with Gasteiger partial charge in [0.25, 0.3) is 0 Å². The summed E-state index contributed by atoms with van der Waals surface area (Å²) in [6.45, 7) is -0.468. The van der Waals surface area contributed by atoms with E-state index in [4.69, 9.17) is 4.74 Å². The summed E-state index contributed by atoms with van der Waals surface area (Å²) in [6, 6.07) is 19.0. The van der Waals surface area contributed by atoms with Crippen LogP contribution >= 0.6 is 0 Å². The number of carbonyl (C=O) groups excluding carboxylic acids is 2. The van der Waals surface area contributed by atoms with Gasteiger partial charge in [-0.05, 0) is 28.5 Å². The van der Waals surface area contributed by atoms with Crippen molar-refractivity contribution in [1.29, 1.82) is 0 Å². The molecule has 0 radical (unpaired) electrons. The molecular formula is C20H15FO3. The third-order valence-electron chi connectivity index (χ3n) is 3.75. The van der Waals surface area contributed by atoms with Crippen molar-refractivity contribution in [3.63, 3.8) is 0 Å². The topological polar surface area (TPSA) is 43.4 Å². The van der Waals surface area contributed by atoms with E-state index in [0.717, 1.165) is 16.3 Å². The molecule has 3 nitrogen and oxygen atoms in total. The Morgan fingerprint density at radius 1 is 0.875 bits per heavy atom. The fourth-order valence-corrected chi connectivity index (χ4v) is 2.56. The van der Waals surface area contributed by atoms with Gasteiger partial charge in [-0.2, -0.15) is 0 Å². The SMILES string of the molecule is O=C(Cc1cccc2ccccc12)OCC(=O)c1ccccc1F. The second-order valence-corrected chi connectivity index (χ2v) is 5.38. The predicted molar refractivity (Wildman–Crippen MR) is 89.3 cm³/mol. The Labute approximate surface area is 138 Å². The molecule has 0 amide bonds. The summed E-state index contributed by atoms with van der Waals surface area (Å²) in [5.74, 6) is -1.69. The molecule has 24 heavy (non-hydrogen) atoms. The highest BCUT2D eigenvalue weighted by Gasteiger charge is 2.14. The summed E-state index contributed by atoms with van der Waals surface area (Å²) in [6.07, 6.45) is 0.0614. The molecule has 0 fully saturated rings. The minimum absolute atomic E-state index is 0.0614. The average molecular weight is 322 g/mol. The molecule has 120 valence electrons. The second-order valence-electron chi connectivity index (χ2n) is 5.38. The standard InChI is InChI=1S/C20H15FO3/c21-18-11-4-3-10-17(18)19(22)13-24-20(23)12-15-8-5-7-14-6-1-2-9-16(14)15/h1-11H,12-13H2. The maximum atomic E-state index is 13.5. The van der Waals surface area contributed by atoms with Crippen molar-refractivity contribution in [2.24, 2.45) is 0 Å². The third-order valence-corrected chi connectivity index (χ3v) is 3.75. The number of ketones is 1. The Morgan fingerprint density at radius 3 is 2.42 bits per heavy atom. The maximum Gasteiger partial charge on any atom is 0.310 e. The number of benzene rings is 3. The Kier molecular flexibility index (Phi) is 4.66. The minimum Gasteiger partial charge on any atom is -0.457 e. The van der Waals surface area contributed by atoms with E-state index >= 15 is 0 Å². The molecule has 0 aromatic heterocycles. The van der Waals surface area contributed by atoms with Crippen LogP contribution in [0.15, 0.2) is 66.7 Å². The van der Waals surface area contributed by atoms with Gasteiger partial charge in [0, 0.05) is 0 Å². The number of ether oxygens (including phenoxy) is 1. The van der Waals surface area contributed by atoms with Crippen LogP contribution in [-0.4, -0.2) is 18.4 Å². The van der Waals surface area contributed by atoms with Gasteiger partial charge in [0.05, 0.1) is 12.0 Å². The van der Waals surface area contributed by atoms with Crippen LogP contribution in [0.3, 0.4) is 0 Å². The average Bonchev–Trinajstić information content (AvgIpc) is 2.60. The molecule has 0 spiro atoms. The van der Waals surface area contributed by atoms with Gasteiger partial charge in [-0.1, -0.05) is 54.6 Å². The fraction of sp³-hybridized carbons (Fsp3) is 0.100. The first kappa shape index (κ1) is 15.9. The van der Waals surface area contributed by atoms with E-state index in [-0.39, 0.29) is 12.0 Å². The number of carbonyl (C=O) groups is 2. The largest absolute Gasteiger partial charge is 0.457 e. The Morgan fingerprint density at radius 2 is 1.58 bits per heavy atom. The molecule has 4 heteroatoms. The van der Waals surface area contributed by atoms with E-state index in [1.807, 2.05) is 42.5 Å². The summed E-state index contributed by atoms with van der Waals surface area (Å²) in [7, 11) is 0. The van der Waals surface area contributed by atoms with E-state index < -0.39 is 24.2 Å². The molecule has 3 rings (SSSR count). The molecule has 3 aromatic rings. The molecule has 0 saturated carbocycles. The molecule has 0 bridgehead atoms. The van der Waals surface area contributed by atoms with Gasteiger partial charge < -0.3 is 4.74 Å². The van der Waals surface area contributed by atoms with Crippen LogP contribution in [0.4, 0.5) is 4.39 Å². The van der Waals surface area contributed by atoms with Crippen molar-refractivity contribution in [3.8, 4) is 0 Å². The summed E-state index contributed by atoms with van der Waals surface area (Å²) in [5.41, 5.74) is 0.756. The number of rotatable bonds is 5. The van der Waals surface area contributed by atoms with Crippen LogP contribution in [0.2, 0.25) is 0 Å². The van der Waals surface area contributed by atoms with Crippen LogP contribution in [-0.2, 0) is 16.0 Å². The fourth-order valence-electron chi connectivity index (χ4n) is 2.56. The zero-order valence-electron chi connectivity index (χ0n) is 12.9. The van der Waals surface area contributed by atoms with Crippen LogP contribution in [0, 0.1) is 5.82 Å². The molecule has 0 unspecified atom stereocenters. The van der Waals surface area contributed by atoms with Crippen molar-refractivity contribution in [2.45, 2.75) is 6.42 Å². The zero-order valence-corrected chi connectivity index (χ0v) is 12.9. The van der Waals surface area contributed by atoms with Crippen molar-refractivity contribution >= 4 is 22.5 Å². The van der Waals surface area contributed by atoms with Gasteiger partial charge in [-0.3, -0.25) is 9.59 Å². The monoisotopic (exact) mass is 322 g/mol. The van der Waals surface area contributed by atoms with E-state index in [0.29, 0.717) is 0 Å². The number of halogens is 1. The van der Waals surface area contributed by atoms with Crippen molar-refractivity contribution in [3.05, 3.63) is 83.7 Å². The normalized spacial score (nSPS) is 10.5.